The van der Waals surface area contributed by atoms with Gasteiger partial charge in [0, 0.05) is 24.8 Å². The van der Waals surface area contributed by atoms with Gasteiger partial charge in [0.2, 0.25) is 5.91 Å². The van der Waals surface area contributed by atoms with Crippen LogP contribution < -0.4 is 5.56 Å². The molecule has 0 bridgehead atoms. The van der Waals surface area contributed by atoms with Crippen molar-refractivity contribution in [2.75, 3.05) is 6.54 Å². The second kappa shape index (κ2) is 5.26. The van der Waals surface area contributed by atoms with Crippen LogP contribution in [0.15, 0.2) is 23.1 Å². The van der Waals surface area contributed by atoms with E-state index >= 15 is 0 Å². The molecule has 0 atom stereocenters. The Kier molecular flexibility index (Phi) is 3.69. The maximum Gasteiger partial charge on any atom is 0.335 e. The highest BCUT2D eigenvalue weighted by molar-refractivity contribution is 5.87. The molecule has 0 spiro atoms. The molecular formula is C13H16N2O4. The molecule has 1 heterocycles. The minimum Gasteiger partial charge on any atom is -0.478 e. The summed E-state index contributed by atoms with van der Waals surface area (Å²) in [5.74, 6) is -1.25. The Balaban J connectivity index is 2.12. The second-order valence-electron chi connectivity index (χ2n) is 4.60. The number of likely N-dealkylation sites (N-methyl/N-ethyl adjacent to an activating group) is 1. The number of aromatic carboxylic acids is 1. The summed E-state index contributed by atoms with van der Waals surface area (Å²) in [4.78, 5) is 36.2. The summed E-state index contributed by atoms with van der Waals surface area (Å²) in [7, 11) is 0. The number of rotatable bonds is 5. The minimum atomic E-state index is -1.15. The van der Waals surface area contributed by atoms with Crippen LogP contribution >= 0.6 is 0 Å². The Morgan fingerprint density at radius 3 is 2.63 bits per heavy atom. The van der Waals surface area contributed by atoms with Gasteiger partial charge in [-0.1, -0.05) is 0 Å². The normalized spacial score (nSPS) is 14.2. The van der Waals surface area contributed by atoms with Crippen molar-refractivity contribution in [1.82, 2.24) is 9.47 Å². The highest BCUT2D eigenvalue weighted by atomic mass is 16.4. The molecule has 19 heavy (non-hydrogen) atoms. The number of carbonyl (C=O) groups excluding carboxylic acids is 1. The number of hydrogen-bond donors (Lipinski definition) is 1. The third-order valence-corrected chi connectivity index (χ3v) is 3.20. The molecule has 0 saturated heterocycles. The van der Waals surface area contributed by atoms with Gasteiger partial charge < -0.3 is 14.6 Å². The average molecular weight is 264 g/mol. The number of carbonyl (C=O) groups is 2. The summed E-state index contributed by atoms with van der Waals surface area (Å²) in [5, 5.41) is 8.77. The Hall–Kier alpha value is -2.11. The van der Waals surface area contributed by atoms with Crippen LogP contribution in [0.1, 0.15) is 30.1 Å². The van der Waals surface area contributed by atoms with Crippen LogP contribution in [-0.4, -0.2) is 39.0 Å². The van der Waals surface area contributed by atoms with Gasteiger partial charge in [0.05, 0.1) is 5.56 Å². The zero-order valence-corrected chi connectivity index (χ0v) is 10.7. The first-order valence-electron chi connectivity index (χ1n) is 6.26. The topological polar surface area (TPSA) is 79.6 Å². The molecular weight excluding hydrogens is 248 g/mol. The minimum absolute atomic E-state index is 0.0386. The molecule has 1 fully saturated rings. The smallest absolute Gasteiger partial charge is 0.335 e. The molecule has 1 aliphatic rings. The zero-order valence-electron chi connectivity index (χ0n) is 10.7. The third kappa shape index (κ3) is 3.01. The molecule has 0 aliphatic heterocycles. The van der Waals surface area contributed by atoms with Gasteiger partial charge in [-0.25, -0.2) is 4.79 Å². The van der Waals surface area contributed by atoms with E-state index in [-0.39, 0.29) is 18.0 Å². The lowest BCUT2D eigenvalue weighted by molar-refractivity contribution is -0.132. The summed E-state index contributed by atoms with van der Waals surface area (Å²) in [5.41, 5.74) is -0.539. The predicted molar refractivity (Wildman–Crippen MR) is 68.1 cm³/mol. The first kappa shape index (κ1) is 13.3. The van der Waals surface area contributed by atoms with Crippen molar-refractivity contribution in [3.8, 4) is 0 Å². The van der Waals surface area contributed by atoms with Gasteiger partial charge in [-0.2, -0.15) is 0 Å². The first-order chi connectivity index (χ1) is 9.02. The van der Waals surface area contributed by atoms with Crippen molar-refractivity contribution >= 4 is 11.9 Å². The van der Waals surface area contributed by atoms with Crippen molar-refractivity contribution < 1.29 is 14.7 Å². The maximum atomic E-state index is 12.0. The van der Waals surface area contributed by atoms with E-state index in [4.69, 9.17) is 5.11 Å². The number of amides is 1. The predicted octanol–water partition coefficient (Wildman–Crippen LogP) is 0.557. The largest absolute Gasteiger partial charge is 0.478 e. The number of pyridine rings is 1. The van der Waals surface area contributed by atoms with Gasteiger partial charge >= 0.3 is 5.97 Å². The van der Waals surface area contributed by atoms with Gasteiger partial charge in [-0.05, 0) is 25.8 Å². The summed E-state index contributed by atoms with van der Waals surface area (Å²) in [6.45, 7) is 2.50. The lowest BCUT2D eigenvalue weighted by atomic mass is 10.2. The molecule has 1 aromatic heterocycles. The fourth-order valence-corrected chi connectivity index (χ4v) is 2.03. The molecule has 6 nitrogen and oxygen atoms in total. The van der Waals surface area contributed by atoms with E-state index in [0.29, 0.717) is 12.6 Å². The number of nitrogens with zero attached hydrogens (tertiary/aromatic N) is 2. The van der Waals surface area contributed by atoms with Crippen molar-refractivity contribution in [2.45, 2.75) is 32.4 Å². The van der Waals surface area contributed by atoms with Gasteiger partial charge in [-0.15, -0.1) is 0 Å². The Bertz CT molecular complexity index is 560. The van der Waals surface area contributed by atoms with E-state index < -0.39 is 11.5 Å². The zero-order chi connectivity index (χ0) is 14.0. The number of aromatic nitrogens is 1. The highest BCUT2D eigenvalue weighted by Gasteiger charge is 2.31. The monoisotopic (exact) mass is 264 g/mol. The Labute approximate surface area is 110 Å². The molecule has 0 aromatic carbocycles. The third-order valence-electron chi connectivity index (χ3n) is 3.20. The van der Waals surface area contributed by atoms with Crippen LogP contribution in [0.4, 0.5) is 0 Å². The Morgan fingerprint density at radius 1 is 1.47 bits per heavy atom. The maximum absolute atomic E-state index is 12.0. The van der Waals surface area contributed by atoms with E-state index in [1.165, 1.54) is 16.8 Å². The Morgan fingerprint density at radius 2 is 2.16 bits per heavy atom. The molecule has 0 radical (unpaired) electrons. The van der Waals surface area contributed by atoms with Gasteiger partial charge in [-0.3, -0.25) is 9.59 Å². The molecule has 1 aromatic rings. The first-order valence-corrected chi connectivity index (χ1v) is 6.26. The molecule has 1 saturated carbocycles. The molecule has 0 unspecified atom stereocenters. The molecule has 2 rings (SSSR count). The van der Waals surface area contributed by atoms with Crippen molar-refractivity contribution in [1.29, 1.82) is 0 Å². The summed E-state index contributed by atoms with van der Waals surface area (Å²) in [6, 6.07) is 2.67. The highest BCUT2D eigenvalue weighted by Crippen LogP contribution is 2.26. The standard InChI is InChI=1S/C13H16N2O4/c1-2-15(10-3-4-10)12(17)8-14-6-5-9(13(18)19)7-11(14)16/h5-7,10H,2-4,8H2,1H3,(H,18,19). The van der Waals surface area contributed by atoms with E-state index in [0.717, 1.165) is 18.9 Å². The lowest BCUT2D eigenvalue weighted by Gasteiger charge is -2.20. The average Bonchev–Trinajstić information content (AvgIpc) is 3.17. The van der Waals surface area contributed by atoms with Gasteiger partial charge in [0.15, 0.2) is 0 Å². The van der Waals surface area contributed by atoms with E-state index in [9.17, 15) is 14.4 Å². The van der Waals surface area contributed by atoms with Gasteiger partial charge in [0.1, 0.15) is 6.54 Å². The summed E-state index contributed by atoms with van der Waals surface area (Å²) >= 11 is 0. The van der Waals surface area contributed by atoms with E-state index in [1.54, 1.807) is 4.90 Å². The fraction of sp³-hybridized carbons (Fsp3) is 0.462. The van der Waals surface area contributed by atoms with Crippen LogP contribution in [0.5, 0.6) is 0 Å². The molecule has 102 valence electrons. The van der Waals surface area contributed by atoms with Crippen molar-refractivity contribution in [2.24, 2.45) is 0 Å². The van der Waals surface area contributed by atoms with E-state index in [2.05, 4.69) is 0 Å². The molecule has 6 heteroatoms. The van der Waals surface area contributed by atoms with Crippen LogP contribution in [0.25, 0.3) is 0 Å². The second-order valence-corrected chi connectivity index (χ2v) is 4.60. The quantitative estimate of drug-likeness (QED) is 0.842. The molecule has 1 N–H and O–H groups in total. The van der Waals surface area contributed by atoms with Crippen LogP contribution in [0, 0.1) is 0 Å². The van der Waals surface area contributed by atoms with Crippen LogP contribution in [-0.2, 0) is 11.3 Å². The number of hydrogen-bond acceptors (Lipinski definition) is 3. The van der Waals surface area contributed by atoms with Crippen molar-refractivity contribution in [3.63, 3.8) is 0 Å². The van der Waals surface area contributed by atoms with E-state index in [1.807, 2.05) is 6.92 Å². The van der Waals surface area contributed by atoms with Crippen LogP contribution in [0.3, 0.4) is 0 Å². The molecule has 1 amide bonds. The summed E-state index contributed by atoms with van der Waals surface area (Å²) < 4.78 is 1.24. The number of carboxylic acid groups (broad SMARTS) is 1. The van der Waals surface area contributed by atoms with Crippen molar-refractivity contribution in [3.05, 3.63) is 34.2 Å². The van der Waals surface area contributed by atoms with Crippen LogP contribution in [0.2, 0.25) is 0 Å². The summed E-state index contributed by atoms with van der Waals surface area (Å²) in [6.07, 6.45) is 3.39. The van der Waals surface area contributed by atoms with Gasteiger partial charge in [0.25, 0.3) is 5.56 Å². The SMILES string of the molecule is CCN(C(=O)Cn1ccc(C(=O)O)cc1=O)C1CC1. The number of carboxylic acids is 1. The lowest BCUT2D eigenvalue weighted by Crippen LogP contribution is -2.37. The molecule has 1 aliphatic carbocycles. The fourth-order valence-electron chi connectivity index (χ4n) is 2.03.